The second kappa shape index (κ2) is 11.8. The van der Waals surface area contributed by atoms with Crippen LogP contribution in [0.1, 0.15) is 71.1 Å². The molecule has 20 heavy (non-hydrogen) atoms. The van der Waals surface area contributed by atoms with Gasteiger partial charge in [0.1, 0.15) is 0 Å². The van der Waals surface area contributed by atoms with E-state index in [2.05, 4.69) is 36.8 Å². The highest BCUT2D eigenvalue weighted by Gasteiger charge is 2.02. The molecule has 0 N–H and O–H groups in total. The molecular formula is C19H33N. The topological polar surface area (TPSA) is 3.24 Å². The summed E-state index contributed by atoms with van der Waals surface area (Å²) >= 11 is 0. The summed E-state index contributed by atoms with van der Waals surface area (Å²) in [5, 5.41) is 0. The first-order valence-corrected chi connectivity index (χ1v) is 8.61. The highest BCUT2D eigenvalue weighted by molar-refractivity contribution is 5.31. The Morgan fingerprint density at radius 3 is 2.10 bits per heavy atom. The van der Waals surface area contributed by atoms with Crippen LogP contribution >= 0.6 is 0 Å². The number of nitrogens with zero attached hydrogens (tertiary/aromatic N) is 1. The predicted octanol–water partition coefficient (Wildman–Crippen LogP) is 5.85. The van der Waals surface area contributed by atoms with Crippen molar-refractivity contribution in [2.24, 2.45) is 0 Å². The molecule has 1 aliphatic heterocycles. The van der Waals surface area contributed by atoms with Gasteiger partial charge in [0.2, 0.25) is 0 Å². The van der Waals surface area contributed by atoms with E-state index in [0.29, 0.717) is 0 Å². The van der Waals surface area contributed by atoms with Gasteiger partial charge in [0.15, 0.2) is 0 Å². The van der Waals surface area contributed by atoms with Crippen LogP contribution in [0, 0.1) is 0 Å². The average Bonchev–Trinajstić information content (AvgIpc) is 2.50. The largest absolute Gasteiger partial charge is 0.374 e. The molecule has 0 saturated heterocycles. The fourth-order valence-corrected chi connectivity index (χ4v) is 2.66. The standard InChI is InChI=1S/C19H33N/c1-3-5-6-7-8-9-10-11-12-13-16-20-17-14-19(4-2)15-18-20/h4,14-15,17H,2-3,5-13,16,18H2,1H3. The van der Waals surface area contributed by atoms with E-state index < -0.39 is 0 Å². The third-order valence-corrected chi connectivity index (χ3v) is 4.07. The number of hydrogen-bond donors (Lipinski definition) is 0. The summed E-state index contributed by atoms with van der Waals surface area (Å²) in [5.74, 6) is 0. The van der Waals surface area contributed by atoms with Gasteiger partial charge in [-0.25, -0.2) is 0 Å². The zero-order valence-electron chi connectivity index (χ0n) is 13.4. The molecule has 0 saturated carbocycles. The summed E-state index contributed by atoms with van der Waals surface area (Å²) in [5.41, 5.74) is 1.25. The molecule has 0 aliphatic carbocycles. The van der Waals surface area contributed by atoms with Gasteiger partial charge in [-0.15, -0.1) is 0 Å². The Morgan fingerprint density at radius 1 is 1.00 bits per heavy atom. The Kier molecular flexibility index (Phi) is 10.1. The zero-order valence-corrected chi connectivity index (χ0v) is 13.4. The first-order chi connectivity index (χ1) is 9.86. The molecule has 1 heterocycles. The third kappa shape index (κ3) is 8.24. The van der Waals surface area contributed by atoms with Gasteiger partial charge >= 0.3 is 0 Å². The van der Waals surface area contributed by atoms with Crippen molar-refractivity contribution in [3.05, 3.63) is 36.6 Å². The van der Waals surface area contributed by atoms with Crippen LogP contribution in [0.4, 0.5) is 0 Å². The van der Waals surface area contributed by atoms with Gasteiger partial charge in [0, 0.05) is 13.1 Å². The lowest BCUT2D eigenvalue weighted by Gasteiger charge is -2.21. The summed E-state index contributed by atoms with van der Waals surface area (Å²) in [6.07, 6.45) is 22.7. The molecule has 1 heteroatoms. The van der Waals surface area contributed by atoms with Crippen LogP contribution in [0.25, 0.3) is 0 Å². The van der Waals surface area contributed by atoms with E-state index >= 15 is 0 Å². The van der Waals surface area contributed by atoms with Crippen molar-refractivity contribution in [1.82, 2.24) is 4.90 Å². The van der Waals surface area contributed by atoms with Gasteiger partial charge in [0.05, 0.1) is 0 Å². The minimum atomic E-state index is 1.05. The minimum Gasteiger partial charge on any atom is -0.374 e. The Morgan fingerprint density at radius 2 is 1.60 bits per heavy atom. The van der Waals surface area contributed by atoms with Gasteiger partial charge in [-0.1, -0.05) is 83.4 Å². The van der Waals surface area contributed by atoms with Crippen molar-refractivity contribution in [3.8, 4) is 0 Å². The monoisotopic (exact) mass is 275 g/mol. The molecule has 0 bridgehead atoms. The Bertz CT molecular complexity index is 301. The average molecular weight is 275 g/mol. The van der Waals surface area contributed by atoms with E-state index in [4.69, 9.17) is 0 Å². The van der Waals surface area contributed by atoms with Crippen molar-refractivity contribution >= 4 is 0 Å². The molecule has 0 fully saturated rings. The van der Waals surface area contributed by atoms with E-state index in [0.717, 1.165) is 6.54 Å². The van der Waals surface area contributed by atoms with Gasteiger partial charge in [0.25, 0.3) is 0 Å². The fourth-order valence-electron chi connectivity index (χ4n) is 2.66. The maximum Gasteiger partial charge on any atom is 0.0362 e. The predicted molar refractivity (Wildman–Crippen MR) is 90.8 cm³/mol. The molecule has 0 aromatic rings. The zero-order chi connectivity index (χ0) is 14.5. The third-order valence-electron chi connectivity index (χ3n) is 4.07. The maximum atomic E-state index is 3.80. The smallest absolute Gasteiger partial charge is 0.0362 e. The summed E-state index contributed by atoms with van der Waals surface area (Å²) < 4.78 is 0. The molecule has 1 rings (SSSR count). The van der Waals surface area contributed by atoms with Crippen LogP contribution in [-0.4, -0.2) is 18.0 Å². The molecule has 0 spiro atoms. The van der Waals surface area contributed by atoms with Crippen LogP contribution in [-0.2, 0) is 0 Å². The minimum absolute atomic E-state index is 1.05. The maximum absolute atomic E-state index is 3.80. The fraction of sp³-hybridized carbons (Fsp3) is 0.684. The van der Waals surface area contributed by atoms with Crippen molar-refractivity contribution in [2.75, 3.05) is 13.1 Å². The Hall–Kier alpha value is -0.980. The van der Waals surface area contributed by atoms with E-state index in [9.17, 15) is 0 Å². The lowest BCUT2D eigenvalue weighted by atomic mass is 10.1. The Labute approximate surface area is 126 Å². The molecule has 0 radical (unpaired) electrons. The highest BCUT2D eigenvalue weighted by atomic mass is 15.1. The number of allylic oxidation sites excluding steroid dienone is 3. The molecule has 0 amide bonds. The molecule has 114 valence electrons. The summed E-state index contributed by atoms with van der Waals surface area (Å²) in [6.45, 7) is 8.34. The Balaban J connectivity index is 1.85. The summed E-state index contributed by atoms with van der Waals surface area (Å²) in [7, 11) is 0. The number of hydrogen-bond acceptors (Lipinski definition) is 1. The van der Waals surface area contributed by atoms with Gasteiger partial charge in [-0.3, -0.25) is 0 Å². The van der Waals surface area contributed by atoms with E-state index in [1.54, 1.807) is 0 Å². The first-order valence-electron chi connectivity index (χ1n) is 8.61. The van der Waals surface area contributed by atoms with Crippen LogP contribution in [0.3, 0.4) is 0 Å². The van der Waals surface area contributed by atoms with E-state index in [-0.39, 0.29) is 0 Å². The quantitative estimate of drug-likeness (QED) is 0.404. The first kappa shape index (κ1) is 17.1. The number of rotatable bonds is 12. The molecule has 0 aromatic carbocycles. The van der Waals surface area contributed by atoms with Crippen LogP contribution < -0.4 is 0 Å². The number of unbranched alkanes of at least 4 members (excludes halogenated alkanes) is 9. The van der Waals surface area contributed by atoms with Crippen molar-refractivity contribution in [3.63, 3.8) is 0 Å². The van der Waals surface area contributed by atoms with Crippen molar-refractivity contribution in [2.45, 2.75) is 71.1 Å². The molecular weight excluding hydrogens is 242 g/mol. The molecule has 0 unspecified atom stereocenters. The normalized spacial score (nSPS) is 14.4. The lowest BCUT2D eigenvalue weighted by molar-refractivity contribution is 0.391. The molecule has 1 nitrogen and oxygen atoms in total. The van der Waals surface area contributed by atoms with Crippen LogP contribution in [0.2, 0.25) is 0 Å². The van der Waals surface area contributed by atoms with Gasteiger partial charge in [-0.2, -0.15) is 0 Å². The summed E-state index contributed by atoms with van der Waals surface area (Å²) in [6, 6.07) is 0. The second-order valence-electron chi connectivity index (χ2n) is 5.90. The lowest BCUT2D eigenvalue weighted by Crippen LogP contribution is -2.20. The van der Waals surface area contributed by atoms with Gasteiger partial charge in [-0.05, 0) is 24.3 Å². The summed E-state index contributed by atoms with van der Waals surface area (Å²) in [4.78, 5) is 2.40. The highest BCUT2D eigenvalue weighted by Crippen LogP contribution is 2.12. The van der Waals surface area contributed by atoms with Crippen LogP contribution in [0.15, 0.2) is 36.6 Å². The van der Waals surface area contributed by atoms with E-state index in [1.165, 1.54) is 76.3 Å². The van der Waals surface area contributed by atoms with E-state index in [1.807, 2.05) is 6.08 Å². The van der Waals surface area contributed by atoms with Crippen molar-refractivity contribution < 1.29 is 0 Å². The van der Waals surface area contributed by atoms with Crippen molar-refractivity contribution in [1.29, 1.82) is 0 Å². The SMILES string of the molecule is C=CC1=CCN(CCCCCCCCCCCC)C=C1. The molecule has 1 aliphatic rings. The van der Waals surface area contributed by atoms with Crippen LogP contribution in [0.5, 0.6) is 0 Å². The molecule has 0 atom stereocenters. The molecule has 0 aromatic heterocycles. The van der Waals surface area contributed by atoms with Gasteiger partial charge < -0.3 is 4.90 Å². The second-order valence-corrected chi connectivity index (χ2v) is 5.90.